The Kier molecular flexibility index (Phi) is 9.15. The van der Waals surface area contributed by atoms with Gasteiger partial charge in [0, 0.05) is 11.5 Å². The van der Waals surface area contributed by atoms with Gasteiger partial charge in [-0.1, -0.05) is 46.2 Å². The number of azo groups is 1. The van der Waals surface area contributed by atoms with E-state index in [4.69, 9.17) is 15.2 Å². The van der Waals surface area contributed by atoms with Crippen molar-refractivity contribution in [2.75, 3.05) is 24.3 Å². The molecule has 1 aromatic carbocycles. The van der Waals surface area contributed by atoms with E-state index in [2.05, 4.69) is 35.7 Å². The van der Waals surface area contributed by atoms with Crippen LogP contribution >= 0.6 is 46.2 Å². The number of hydrogen-bond acceptors (Lipinski definition) is 16. The first kappa shape index (κ1) is 26.6. The lowest BCUT2D eigenvalue weighted by molar-refractivity contribution is -0.129. The van der Waals surface area contributed by atoms with Gasteiger partial charge in [-0.15, -0.1) is 30.6 Å². The summed E-state index contributed by atoms with van der Waals surface area (Å²) in [6.45, 7) is 2.02. The highest BCUT2D eigenvalue weighted by Crippen LogP contribution is 2.33. The molecule has 0 saturated carbocycles. The van der Waals surface area contributed by atoms with Gasteiger partial charge in [0.15, 0.2) is 20.2 Å². The lowest BCUT2D eigenvalue weighted by Crippen LogP contribution is -2.08. The summed E-state index contributed by atoms with van der Waals surface area (Å²) in [7, 11) is 1.28. The molecule has 0 amide bonds. The second kappa shape index (κ2) is 12.7. The number of methoxy groups -OCH3 is 1. The third-order valence-electron chi connectivity index (χ3n) is 4.53. The van der Waals surface area contributed by atoms with Gasteiger partial charge in [0.2, 0.25) is 0 Å². The molecule has 3 aromatic heterocycles. The van der Waals surface area contributed by atoms with Crippen molar-refractivity contribution < 1.29 is 19.1 Å². The normalized spacial score (nSPS) is 11.2. The molecule has 4 aromatic rings. The summed E-state index contributed by atoms with van der Waals surface area (Å²) in [6, 6.07) is 4.82. The van der Waals surface area contributed by atoms with E-state index in [1.165, 1.54) is 34.5 Å². The van der Waals surface area contributed by atoms with Crippen LogP contribution in [0.5, 0.6) is 0 Å². The van der Waals surface area contributed by atoms with Crippen LogP contribution in [0.25, 0.3) is 5.69 Å². The predicted molar refractivity (Wildman–Crippen MR) is 140 cm³/mol. The largest absolute Gasteiger partial charge is 0.465 e. The topological polar surface area (TPSA) is 173 Å². The predicted octanol–water partition coefficient (Wildman–Crippen LogP) is 4.23. The minimum absolute atomic E-state index is 0.0355. The molecule has 0 atom stereocenters. The SMILES string of the molecule is COC(=O)c1cc(COC=O)cc(-n2nc(C)c(N=Nc3nnc(SCCSc4nncs4)s3)c2N)c1. The fraction of sp³-hybridized carbons (Fsp3) is 0.250. The fourth-order valence-electron chi connectivity index (χ4n) is 2.98. The second-order valence-corrected chi connectivity index (χ2v) is 11.4. The van der Waals surface area contributed by atoms with Crippen LogP contribution in [-0.4, -0.2) is 61.2 Å². The number of anilines is 1. The number of benzene rings is 1. The molecular weight excluding hydrogens is 559 g/mol. The van der Waals surface area contributed by atoms with E-state index < -0.39 is 5.97 Å². The van der Waals surface area contributed by atoms with Crippen LogP contribution in [0.4, 0.5) is 16.6 Å². The molecule has 13 nitrogen and oxygen atoms in total. The number of aromatic nitrogens is 6. The highest BCUT2D eigenvalue weighted by molar-refractivity contribution is 8.04. The minimum atomic E-state index is -0.555. The van der Waals surface area contributed by atoms with Gasteiger partial charge in [0.25, 0.3) is 11.6 Å². The number of nitrogen functional groups attached to an aromatic ring is 1. The Morgan fingerprint density at radius 1 is 1.16 bits per heavy atom. The highest BCUT2D eigenvalue weighted by Gasteiger charge is 2.17. The molecule has 4 rings (SSSR count). The molecule has 0 radical (unpaired) electrons. The number of carbonyl (C=O) groups is 2. The molecule has 0 unspecified atom stereocenters. The minimum Gasteiger partial charge on any atom is -0.465 e. The zero-order chi connectivity index (χ0) is 26.2. The van der Waals surface area contributed by atoms with Gasteiger partial charge >= 0.3 is 5.97 Å². The third-order valence-corrected chi connectivity index (χ3v) is 8.59. The summed E-state index contributed by atoms with van der Waals surface area (Å²) < 4.78 is 12.8. The Labute approximate surface area is 226 Å². The summed E-state index contributed by atoms with van der Waals surface area (Å²) >= 11 is 6.04. The Balaban J connectivity index is 1.48. The van der Waals surface area contributed by atoms with E-state index in [9.17, 15) is 9.59 Å². The lowest BCUT2D eigenvalue weighted by atomic mass is 10.1. The van der Waals surface area contributed by atoms with Crippen LogP contribution < -0.4 is 5.73 Å². The lowest BCUT2D eigenvalue weighted by Gasteiger charge is -2.09. The van der Waals surface area contributed by atoms with Crippen molar-refractivity contribution in [2.24, 2.45) is 10.2 Å². The first-order valence-electron chi connectivity index (χ1n) is 10.4. The Hall–Kier alpha value is -3.41. The molecule has 0 bridgehead atoms. The number of nitrogens with two attached hydrogens (primary N) is 1. The van der Waals surface area contributed by atoms with Gasteiger partial charge in [-0.25, -0.2) is 9.48 Å². The second-order valence-electron chi connectivity index (χ2n) is 6.97. The van der Waals surface area contributed by atoms with Gasteiger partial charge in [-0.2, -0.15) is 5.10 Å². The molecule has 192 valence electrons. The average molecular weight is 578 g/mol. The van der Waals surface area contributed by atoms with Gasteiger partial charge in [0.1, 0.15) is 12.1 Å². The summed E-state index contributed by atoms with van der Waals surface area (Å²) in [5, 5.41) is 29.3. The molecule has 0 saturated heterocycles. The van der Waals surface area contributed by atoms with Crippen LogP contribution in [-0.2, 0) is 20.9 Å². The summed E-state index contributed by atoms with van der Waals surface area (Å²) in [6.07, 6.45) is 0. The maximum absolute atomic E-state index is 12.1. The number of hydrogen-bond donors (Lipinski definition) is 1. The number of thioether (sulfide) groups is 2. The number of aryl methyl sites for hydroxylation is 1. The zero-order valence-electron chi connectivity index (χ0n) is 19.4. The summed E-state index contributed by atoms with van der Waals surface area (Å²) in [5.74, 6) is 1.35. The van der Waals surface area contributed by atoms with E-state index in [1.54, 1.807) is 54.2 Å². The van der Waals surface area contributed by atoms with Crippen molar-refractivity contribution in [2.45, 2.75) is 22.2 Å². The number of ether oxygens (including phenoxy) is 2. The standard InChI is InChI=1S/C20H19N9O4S4/c1-11-15(23-24-18-25-27-20(37-18)35-4-3-34-19-26-22-9-36-19)16(21)29(28-11)14-6-12(8-33-10-30)5-13(7-14)17(31)32-2/h5-7,9-10H,3-4,8,21H2,1-2H3. The third kappa shape index (κ3) is 6.88. The van der Waals surface area contributed by atoms with Crippen molar-refractivity contribution in [1.82, 2.24) is 30.2 Å². The first-order valence-corrected chi connectivity index (χ1v) is 14.0. The smallest absolute Gasteiger partial charge is 0.337 e. The quantitative estimate of drug-likeness (QED) is 0.0836. The summed E-state index contributed by atoms with van der Waals surface area (Å²) in [4.78, 5) is 22.8. The molecule has 0 aliphatic heterocycles. The van der Waals surface area contributed by atoms with Crippen LogP contribution in [0.2, 0.25) is 0 Å². The maximum atomic E-state index is 12.1. The number of esters is 1. The maximum Gasteiger partial charge on any atom is 0.337 e. The monoisotopic (exact) mass is 577 g/mol. The number of rotatable bonds is 12. The van der Waals surface area contributed by atoms with Crippen molar-refractivity contribution >= 4 is 75.3 Å². The van der Waals surface area contributed by atoms with Crippen molar-refractivity contribution in [3.05, 3.63) is 40.5 Å². The van der Waals surface area contributed by atoms with Crippen molar-refractivity contribution in [3.63, 3.8) is 0 Å². The molecule has 37 heavy (non-hydrogen) atoms. The van der Waals surface area contributed by atoms with E-state index in [0.29, 0.717) is 34.2 Å². The number of nitrogens with zero attached hydrogens (tertiary/aromatic N) is 8. The van der Waals surface area contributed by atoms with Crippen LogP contribution in [0.1, 0.15) is 21.6 Å². The van der Waals surface area contributed by atoms with Crippen LogP contribution in [0.15, 0.2) is 42.6 Å². The molecule has 17 heteroatoms. The van der Waals surface area contributed by atoms with Gasteiger partial charge in [0.05, 0.1) is 24.1 Å². The first-order chi connectivity index (χ1) is 18.0. The molecule has 0 aliphatic carbocycles. The van der Waals surface area contributed by atoms with E-state index in [1.807, 2.05) is 0 Å². The fourth-order valence-corrected chi connectivity index (χ4v) is 6.24. The zero-order valence-corrected chi connectivity index (χ0v) is 22.7. The van der Waals surface area contributed by atoms with Crippen molar-refractivity contribution in [3.8, 4) is 5.69 Å². The molecule has 0 fully saturated rings. The average Bonchev–Trinajstić information content (AvgIpc) is 3.65. The van der Waals surface area contributed by atoms with Crippen molar-refractivity contribution in [1.29, 1.82) is 0 Å². The highest BCUT2D eigenvalue weighted by atomic mass is 32.2. The number of carbonyl (C=O) groups excluding carboxylic acids is 2. The molecule has 3 heterocycles. The Morgan fingerprint density at radius 3 is 2.70 bits per heavy atom. The molecule has 0 aliphatic rings. The van der Waals surface area contributed by atoms with Crippen LogP contribution in [0.3, 0.4) is 0 Å². The van der Waals surface area contributed by atoms with E-state index >= 15 is 0 Å². The van der Waals surface area contributed by atoms with Gasteiger partial charge in [-0.3, -0.25) is 4.79 Å². The molecule has 0 spiro atoms. The summed E-state index contributed by atoms with van der Waals surface area (Å²) in [5.41, 5.74) is 10.2. The van der Waals surface area contributed by atoms with E-state index in [0.717, 1.165) is 20.2 Å². The van der Waals surface area contributed by atoms with E-state index in [-0.39, 0.29) is 18.0 Å². The van der Waals surface area contributed by atoms with Crippen LogP contribution in [0, 0.1) is 6.92 Å². The Morgan fingerprint density at radius 2 is 1.97 bits per heavy atom. The Bertz CT molecular complexity index is 1400. The molecule has 2 N–H and O–H groups in total. The van der Waals surface area contributed by atoms with Gasteiger partial charge in [-0.05, 0) is 30.7 Å². The van der Waals surface area contributed by atoms with Gasteiger partial charge < -0.3 is 15.2 Å². The molecular formula is C20H19N9O4S4.